The average molecular weight is 547 g/mol. The second-order valence-corrected chi connectivity index (χ2v) is 7.76. The number of unbranched alkanes of at least 4 members (excludes halogenated alkanes) is 1. The molecule has 0 radical (unpaired) electrons. The second-order valence-electron chi connectivity index (χ2n) is 7.76. The summed E-state index contributed by atoms with van der Waals surface area (Å²) >= 11 is 0. The maximum atomic E-state index is 4.75. The van der Waals surface area contributed by atoms with E-state index in [4.69, 9.17) is 4.99 Å². The Morgan fingerprint density at radius 3 is 2.06 bits per heavy atom. The van der Waals surface area contributed by atoms with E-state index >= 15 is 0 Å². The van der Waals surface area contributed by atoms with E-state index in [0.29, 0.717) is 12.5 Å². The molecule has 172 valence electrons. The third kappa shape index (κ3) is 7.62. The molecular formula is C25H35IN6. The molecule has 0 atom stereocenters. The largest absolute Gasteiger partial charge is 0.356 e. The van der Waals surface area contributed by atoms with Crippen LogP contribution in [-0.4, -0.2) is 33.8 Å². The molecule has 7 heteroatoms. The molecule has 32 heavy (non-hydrogen) atoms. The molecule has 0 bridgehead atoms. The van der Waals surface area contributed by atoms with Crippen LogP contribution in [0.1, 0.15) is 54.9 Å². The highest BCUT2D eigenvalue weighted by Gasteiger charge is 2.14. The Balaban J connectivity index is 0.00000363. The molecule has 0 aliphatic carbocycles. The van der Waals surface area contributed by atoms with E-state index in [0.717, 1.165) is 50.0 Å². The fourth-order valence-electron chi connectivity index (χ4n) is 3.53. The third-order valence-corrected chi connectivity index (χ3v) is 5.51. The smallest absolute Gasteiger partial charge is 0.191 e. The maximum absolute atomic E-state index is 4.75. The van der Waals surface area contributed by atoms with Crippen molar-refractivity contribution in [2.45, 2.75) is 45.6 Å². The predicted octanol–water partition coefficient (Wildman–Crippen LogP) is 4.80. The van der Waals surface area contributed by atoms with E-state index in [9.17, 15) is 0 Å². The summed E-state index contributed by atoms with van der Waals surface area (Å²) in [5.74, 6) is 2.93. The third-order valence-electron chi connectivity index (χ3n) is 5.51. The highest BCUT2D eigenvalue weighted by molar-refractivity contribution is 14.0. The van der Waals surface area contributed by atoms with Crippen molar-refractivity contribution in [2.75, 3.05) is 13.1 Å². The summed E-state index contributed by atoms with van der Waals surface area (Å²) in [7, 11) is 1.97. The minimum Gasteiger partial charge on any atom is -0.356 e. The number of benzene rings is 2. The summed E-state index contributed by atoms with van der Waals surface area (Å²) in [6.07, 6.45) is 3.23. The first-order chi connectivity index (χ1) is 15.2. The van der Waals surface area contributed by atoms with E-state index in [1.807, 2.05) is 18.5 Å². The Labute approximate surface area is 209 Å². The van der Waals surface area contributed by atoms with Crippen molar-refractivity contribution in [3.8, 4) is 0 Å². The lowest BCUT2D eigenvalue weighted by molar-refractivity contribution is 0.666. The SMILES string of the molecule is CCCCNC(=NCc1nnc(C)n1C)NCCC(c1ccccc1)c1ccccc1.I. The number of hydrogen-bond donors (Lipinski definition) is 2. The van der Waals surface area contributed by atoms with Gasteiger partial charge in [-0.3, -0.25) is 0 Å². The lowest BCUT2D eigenvalue weighted by Crippen LogP contribution is -2.38. The molecular weight excluding hydrogens is 511 g/mol. The lowest BCUT2D eigenvalue weighted by atomic mass is 9.88. The lowest BCUT2D eigenvalue weighted by Gasteiger charge is -2.19. The van der Waals surface area contributed by atoms with Crippen molar-refractivity contribution in [1.82, 2.24) is 25.4 Å². The van der Waals surface area contributed by atoms with E-state index in [1.54, 1.807) is 0 Å². The standard InChI is InChI=1S/C25H34N6.HI/c1-4-5-17-26-25(28-19-24-30-29-20(2)31(24)3)27-18-16-23(21-12-8-6-9-13-21)22-14-10-7-11-15-22;/h6-15,23H,4-5,16-19H2,1-3H3,(H2,26,27,28);1H. The number of aryl methyl sites for hydroxylation is 1. The van der Waals surface area contributed by atoms with Gasteiger partial charge in [0.2, 0.25) is 0 Å². The zero-order valence-electron chi connectivity index (χ0n) is 19.3. The van der Waals surface area contributed by atoms with Crippen LogP contribution < -0.4 is 10.6 Å². The van der Waals surface area contributed by atoms with E-state index in [2.05, 4.69) is 88.4 Å². The minimum absolute atomic E-state index is 0. The first kappa shape index (κ1) is 25.8. The summed E-state index contributed by atoms with van der Waals surface area (Å²) in [5.41, 5.74) is 2.67. The summed E-state index contributed by atoms with van der Waals surface area (Å²) in [4.78, 5) is 4.75. The van der Waals surface area contributed by atoms with Gasteiger partial charge in [0.15, 0.2) is 11.8 Å². The van der Waals surface area contributed by atoms with Gasteiger partial charge in [-0.15, -0.1) is 34.2 Å². The van der Waals surface area contributed by atoms with Crippen LogP contribution in [0.4, 0.5) is 0 Å². The average Bonchev–Trinajstić information content (AvgIpc) is 3.13. The first-order valence-corrected chi connectivity index (χ1v) is 11.2. The first-order valence-electron chi connectivity index (χ1n) is 11.2. The Morgan fingerprint density at radius 1 is 0.938 bits per heavy atom. The topological polar surface area (TPSA) is 67.1 Å². The summed E-state index contributed by atoms with van der Waals surface area (Å²) < 4.78 is 1.98. The zero-order chi connectivity index (χ0) is 21.9. The molecule has 0 aliphatic rings. The van der Waals surface area contributed by atoms with Gasteiger partial charge >= 0.3 is 0 Å². The minimum atomic E-state index is 0. The number of aromatic nitrogens is 3. The molecule has 2 aromatic carbocycles. The number of nitrogens with zero attached hydrogens (tertiary/aromatic N) is 4. The fraction of sp³-hybridized carbons (Fsp3) is 0.400. The van der Waals surface area contributed by atoms with Crippen LogP contribution in [0.3, 0.4) is 0 Å². The summed E-state index contributed by atoms with van der Waals surface area (Å²) in [6.45, 7) is 6.37. The molecule has 3 aromatic rings. The molecule has 2 N–H and O–H groups in total. The molecule has 0 unspecified atom stereocenters. The van der Waals surface area contributed by atoms with Crippen LogP contribution in [0, 0.1) is 6.92 Å². The van der Waals surface area contributed by atoms with Crippen molar-refractivity contribution in [3.05, 3.63) is 83.4 Å². The van der Waals surface area contributed by atoms with Gasteiger partial charge in [0.05, 0.1) is 0 Å². The molecule has 0 spiro atoms. The molecule has 3 rings (SSSR count). The maximum Gasteiger partial charge on any atom is 0.191 e. The normalized spacial score (nSPS) is 11.3. The number of nitrogens with one attached hydrogen (secondary N) is 2. The van der Waals surface area contributed by atoms with Crippen LogP contribution >= 0.6 is 24.0 Å². The Hall–Kier alpha value is -2.42. The zero-order valence-corrected chi connectivity index (χ0v) is 21.6. The predicted molar refractivity (Wildman–Crippen MR) is 143 cm³/mol. The van der Waals surface area contributed by atoms with Gasteiger partial charge in [0.1, 0.15) is 12.4 Å². The highest BCUT2D eigenvalue weighted by Crippen LogP contribution is 2.27. The Bertz CT molecular complexity index is 900. The van der Waals surface area contributed by atoms with Crippen LogP contribution in [0.2, 0.25) is 0 Å². The Morgan fingerprint density at radius 2 is 1.53 bits per heavy atom. The quantitative estimate of drug-likeness (QED) is 0.166. The molecule has 0 saturated carbocycles. The molecule has 0 aliphatic heterocycles. The van der Waals surface area contributed by atoms with Crippen molar-refractivity contribution < 1.29 is 0 Å². The molecule has 1 aromatic heterocycles. The van der Waals surface area contributed by atoms with Gasteiger partial charge in [0.25, 0.3) is 0 Å². The van der Waals surface area contributed by atoms with E-state index < -0.39 is 0 Å². The van der Waals surface area contributed by atoms with Crippen molar-refractivity contribution in [3.63, 3.8) is 0 Å². The van der Waals surface area contributed by atoms with Gasteiger partial charge in [-0.2, -0.15) is 0 Å². The van der Waals surface area contributed by atoms with Crippen molar-refractivity contribution in [1.29, 1.82) is 0 Å². The molecule has 0 saturated heterocycles. The van der Waals surface area contributed by atoms with Gasteiger partial charge in [-0.25, -0.2) is 4.99 Å². The van der Waals surface area contributed by atoms with Gasteiger partial charge < -0.3 is 15.2 Å². The van der Waals surface area contributed by atoms with Gasteiger partial charge in [0, 0.05) is 26.1 Å². The highest BCUT2D eigenvalue weighted by atomic mass is 127. The number of aliphatic imine (C=N–C) groups is 1. The van der Waals surface area contributed by atoms with Crippen LogP contribution in [0.5, 0.6) is 0 Å². The van der Waals surface area contributed by atoms with Crippen LogP contribution in [0.15, 0.2) is 65.7 Å². The second kappa shape index (κ2) is 13.9. The van der Waals surface area contributed by atoms with Crippen LogP contribution in [0.25, 0.3) is 0 Å². The van der Waals surface area contributed by atoms with Crippen LogP contribution in [-0.2, 0) is 13.6 Å². The fourth-order valence-corrected chi connectivity index (χ4v) is 3.53. The summed E-state index contributed by atoms with van der Waals surface area (Å²) in [6, 6.07) is 21.4. The van der Waals surface area contributed by atoms with E-state index in [-0.39, 0.29) is 24.0 Å². The van der Waals surface area contributed by atoms with Crippen molar-refractivity contribution >= 4 is 29.9 Å². The number of hydrogen-bond acceptors (Lipinski definition) is 3. The molecule has 1 heterocycles. The number of guanidine groups is 1. The Kier molecular flexibility index (Phi) is 11.2. The monoisotopic (exact) mass is 546 g/mol. The molecule has 0 fully saturated rings. The molecule has 0 amide bonds. The van der Waals surface area contributed by atoms with E-state index in [1.165, 1.54) is 11.1 Å². The number of rotatable bonds is 10. The van der Waals surface area contributed by atoms with Gasteiger partial charge in [-0.1, -0.05) is 74.0 Å². The summed E-state index contributed by atoms with van der Waals surface area (Å²) in [5, 5.41) is 15.3. The molecule has 6 nitrogen and oxygen atoms in total. The van der Waals surface area contributed by atoms with Gasteiger partial charge in [-0.05, 0) is 30.9 Å². The number of halogens is 1. The van der Waals surface area contributed by atoms with Crippen molar-refractivity contribution in [2.24, 2.45) is 12.0 Å².